The highest BCUT2D eigenvalue weighted by Crippen LogP contribution is 2.18. The lowest BCUT2D eigenvalue weighted by atomic mass is 10.1. The van der Waals surface area contributed by atoms with Gasteiger partial charge in [-0.25, -0.2) is 0 Å². The second kappa shape index (κ2) is 6.75. The lowest BCUT2D eigenvalue weighted by Crippen LogP contribution is -2.14. The van der Waals surface area contributed by atoms with E-state index in [1.54, 1.807) is 0 Å². The molecule has 0 aliphatic rings. The Labute approximate surface area is 119 Å². The first-order valence-corrected chi connectivity index (χ1v) is 6.74. The Bertz CT molecular complexity index is 564. The van der Waals surface area contributed by atoms with Crippen molar-refractivity contribution in [2.45, 2.75) is 26.4 Å². The van der Waals surface area contributed by atoms with Crippen molar-refractivity contribution >= 4 is 11.6 Å². The fraction of sp³-hybridized carbons (Fsp3) is 0.235. The largest absolute Gasteiger partial charge is 0.491 e. The van der Waals surface area contributed by atoms with Crippen LogP contribution in [0.15, 0.2) is 54.6 Å². The van der Waals surface area contributed by atoms with Gasteiger partial charge in [0.05, 0.1) is 12.5 Å². The highest BCUT2D eigenvalue weighted by atomic mass is 16.5. The average molecular weight is 269 g/mol. The molecule has 20 heavy (non-hydrogen) atoms. The molecule has 0 aliphatic heterocycles. The first-order chi connectivity index (χ1) is 9.63. The van der Waals surface area contributed by atoms with Crippen LogP contribution in [0.5, 0.6) is 5.75 Å². The maximum absolute atomic E-state index is 12.0. The summed E-state index contributed by atoms with van der Waals surface area (Å²) in [5, 5.41) is 2.89. The van der Waals surface area contributed by atoms with Gasteiger partial charge in [-0.1, -0.05) is 36.4 Å². The van der Waals surface area contributed by atoms with Gasteiger partial charge < -0.3 is 10.1 Å². The third kappa shape index (κ3) is 4.43. The van der Waals surface area contributed by atoms with Crippen molar-refractivity contribution in [1.29, 1.82) is 0 Å². The van der Waals surface area contributed by atoms with Crippen LogP contribution in [0.3, 0.4) is 0 Å². The van der Waals surface area contributed by atoms with Crippen LogP contribution in [0.1, 0.15) is 19.4 Å². The number of benzene rings is 2. The minimum atomic E-state index is -0.0297. The van der Waals surface area contributed by atoms with Crippen LogP contribution >= 0.6 is 0 Å². The number of ether oxygens (including phenoxy) is 1. The molecular formula is C17H19NO2. The van der Waals surface area contributed by atoms with E-state index in [0.29, 0.717) is 6.42 Å². The van der Waals surface area contributed by atoms with Crippen molar-refractivity contribution in [1.82, 2.24) is 0 Å². The van der Waals surface area contributed by atoms with Crippen molar-refractivity contribution < 1.29 is 9.53 Å². The third-order valence-electron chi connectivity index (χ3n) is 2.70. The fourth-order valence-electron chi connectivity index (χ4n) is 1.91. The first kappa shape index (κ1) is 14.1. The highest BCUT2D eigenvalue weighted by molar-refractivity contribution is 5.92. The van der Waals surface area contributed by atoms with E-state index in [4.69, 9.17) is 4.74 Å². The van der Waals surface area contributed by atoms with Gasteiger partial charge in [0, 0.05) is 11.8 Å². The molecule has 0 radical (unpaired) electrons. The van der Waals surface area contributed by atoms with Gasteiger partial charge in [0.25, 0.3) is 0 Å². The topological polar surface area (TPSA) is 38.3 Å². The molecule has 0 saturated heterocycles. The molecule has 104 valence electrons. The fourth-order valence-corrected chi connectivity index (χ4v) is 1.91. The zero-order chi connectivity index (χ0) is 14.4. The molecule has 1 N–H and O–H groups in total. The molecule has 0 saturated carbocycles. The van der Waals surface area contributed by atoms with E-state index < -0.39 is 0 Å². The Hall–Kier alpha value is -2.29. The zero-order valence-electron chi connectivity index (χ0n) is 11.8. The molecule has 0 heterocycles. The Morgan fingerprint density at radius 3 is 2.55 bits per heavy atom. The standard InChI is InChI=1S/C17H19NO2/c1-13(2)20-16-10-6-9-15(12-16)18-17(19)11-14-7-4-3-5-8-14/h3-10,12-13H,11H2,1-2H3,(H,18,19). The molecule has 0 bridgehead atoms. The van der Waals surface area contributed by atoms with Crippen molar-refractivity contribution in [3.8, 4) is 5.75 Å². The maximum Gasteiger partial charge on any atom is 0.228 e. The second-order valence-corrected chi connectivity index (χ2v) is 4.90. The lowest BCUT2D eigenvalue weighted by Gasteiger charge is -2.11. The molecule has 2 aromatic carbocycles. The van der Waals surface area contributed by atoms with E-state index in [9.17, 15) is 4.79 Å². The van der Waals surface area contributed by atoms with Crippen molar-refractivity contribution in [2.75, 3.05) is 5.32 Å². The molecule has 0 atom stereocenters. The minimum Gasteiger partial charge on any atom is -0.491 e. The summed E-state index contributed by atoms with van der Waals surface area (Å²) in [7, 11) is 0. The second-order valence-electron chi connectivity index (χ2n) is 4.90. The number of hydrogen-bond acceptors (Lipinski definition) is 2. The predicted octanol–water partition coefficient (Wildman–Crippen LogP) is 3.66. The predicted molar refractivity (Wildman–Crippen MR) is 81.0 cm³/mol. The smallest absolute Gasteiger partial charge is 0.228 e. The molecule has 3 nitrogen and oxygen atoms in total. The highest BCUT2D eigenvalue weighted by Gasteiger charge is 2.05. The van der Waals surface area contributed by atoms with Gasteiger partial charge in [-0.15, -0.1) is 0 Å². The molecule has 0 aliphatic carbocycles. The molecule has 0 spiro atoms. The van der Waals surface area contributed by atoms with Gasteiger partial charge in [-0.3, -0.25) is 4.79 Å². The van der Waals surface area contributed by atoms with E-state index >= 15 is 0 Å². The van der Waals surface area contributed by atoms with Gasteiger partial charge >= 0.3 is 0 Å². The van der Waals surface area contributed by atoms with Crippen molar-refractivity contribution in [3.05, 3.63) is 60.2 Å². The molecule has 0 unspecified atom stereocenters. The Kier molecular flexibility index (Phi) is 4.77. The minimum absolute atomic E-state index is 0.0297. The van der Waals surface area contributed by atoms with Gasteiger partial charge in [0.2, 0.25) is 5.91 Å². The Balaban J connectivity index is 1.97. The number of carbonyl (C=O) groups is 1. The van der Waals surface area contributed by atoms with Gasteiger partial charge in [-0.05, 0) is 31.5 Å². The monoisotopic (exact) mass is 269 g/mol. The number of nitrogens with one attached hydrogen (secondary N) is 1. The molecule has 0 fully saturated rings. The molecule has 2 rings (SSSR count). The van der Waals surface area contributed by atoms with Gasteiger partial charge in [-0.2, -0.15) is 0 Å². The first-order valence-electron chi connectivity index (χ1n) is 6.74. The summed E-state index contributed by atoms with van der Waals surface area (Å²) >= 11 is 0. The summed E-state index contributed by atoms with van der Waals surface area (Å²) < 4.78 is 5.60. The van der Waals surface area contributed by atoms with Crippen LogP contribution in [0, 0.1) is 0 Å². The number of rotatable bonds is 5. The van der Waals surface area contributed by atoms with Gasteiger partial charge in [0.15, 0.2) is 0 Å². The summed E-state index contributed by atoms with van der Waals surface area (Å²) in [6, 6.07) is 17.1. The number of anilines is 1. The molecule has 3 heteroatoms. The summed E-state index contributed by atoms with van der Waals surface area (Å²) in [4.78, 5) is 12.0. The quantitative estimate of drug-likeness (QED) is 0.899. The van der Waals surface area contributed by atoms with E-state index in [0.717, 1.165) is 17.0 Å². The van der Waals surface area contributed by atoms with Crippen LogP contribution < -0.4 is 10.1 Å². The normalized spacial score (nSPS) is 10.3. The van der Waals surface area contributed by atoms with E-state index in [-0.39, 0.29) is 12.0 Å². The van der Waals surface area contributed by atoms with Crippen LogP contribution in [-0.4, -0.2) is 12.0 Å². The zero-order valence-corrected chi connectivity index (χ0v) is 11.8. The number of hydrogen-bond donors (Lipinski definition) is 1. The van der Waals surface area contributed by atoms with E-state index in [2.05, 4.69) is 5.32 Å². The lowest BCUT2D eigenvalue weighted by molar-refractivity contribution is -0.115. The van der Waals surface area contributed by atoms with Crippen LogP contribution in [0.25, 0.3) is 0 Å². The summed E-state index contributed by atoms with van der Waals surface area (Å²) in [6.45, 7) is 3.95. The Morgan fingerprint density at radius 2 is 1.85 bits per heavy atom. The Morgan fingerprint density at radius 1 is 1.10 bits per heavy atom. The van der Waals surface area contributed by atoms with E-state index in [1.165, 1.54) is 0 Å². The van der Waals surface area contributed by atoms with Crippen LogP contribution in [0.2, 0.25) is 0 Å². The van der Waals surface area contributed by atoms with Gasteiger partial charge in [0.1, 0.15) is 5.75 Å². The summed E-state index contributed by atoms with van der Waals surface area (Å²) in [5.41, 5.74) is 1.75. The third-order valence-corrected chi connectivity index (χ3v) is 2.70. The molecule has 2 aromatic rings. The number of carbonyl (C=O) groups excluding carboxylic acids is 1. The summed E-state index contributed by atoms with van der Waals surface area (Å²) in [6.07, 6.45) is 0.487. The molecule has 0 aromatic heterocycles. The number of amides is 1. The summed E-state index contributed by atoms with van der Waals surface area (Å²) in [5.74, 6) is 0.732. The SMILES string of the molecule is CC(C)Oc1cccc(NC(=O)Cc2ccccc2)c1. The van der Waals surface area contributed by atoms with Crippen molar-refractivity contribution in [2.24, 2.45) is 0 Å². The van der Waals surface area contributed by atoms with E-state index in [1.807, 2.05) is 68.4 Å². The average Bonchev–Trinajstić information content (AvgIpc) is 2.39. The van der Waals surface area contributed by atoms with Crippen LogP contribution in [0.4, 0.5) is 5.69 Å². The molecular weight excluding hydrogens is 250 g/mol. The molecule has 1 amide bonds. The van der Waals surface area contributed by atoms with Crippen LogP contribution in [-0.2, 0) is 11.2 Å². The maximum atomic E-state index is 12.0. The van der Waals surface area contributed by atoms with Crippen molar-refractivity contribution in [3.63, 3.8) is 0 Å².